The van der Waals surface area contributed by atoms with Crippen LogP contribution < -0.4 is 0 Å². The molecule has 0 saturated carbocycles. The van der Waals surface area contributed by atoms with Gasteiger partial charge >= 0.3 is 0 Å². The molecule has 1 aromatic carbocycles. The topological polar surface area (TPSA) is 43.6 Å². The summed E-state index contributed by atoms with van der Waals surface area (Å²) in [6.45, 7) is 2.13. The van der Waals surface area contributed by atoms with Crippen molar-refractivity contribution in [1.82, 2.24) is 20.2 Å². The highest BCUT2D eigenvalue weighted by Crippen LogP contribution is 2.16. The summed E-state index contributed by atoms with van der Waals surface area (Å²) in [7, 11) is 0. The fourth-order valence-corrected chi connectivity index (χ4v) is 1.81. The van der Waals surface area contributed by atoms with Crippen LogP contribution in [0.3, 0.4) is 0 Å². The summed E-state index contributed by atoms with van der Waals surface area (Å²) in [6, 6.07) is 8.25. The number of aryl methyl sites for hydroxylation is 1. The molecule has 5 heteroatoms. The molecular formula is C10H12N4S. The first-order valence-electron chi connectivity index (χ1n) is 4.77. The van der Waals surface area contributed by atoms with Crippen LogP contribution in [0.25, 0.3) is 5.69 Å². The van der Waals surface area contributed by atoms with Gasteiger partial charge in [0.2, 0.25) is 5.16 Å². The van der Waals surface area contributed by atoms with E-state index < -0.39 is 0 Å². The molecule has 0 saturated heterocycles. The number of nitrogens with zero attached hydrogens (tertiary/aromatic N) is 4. The summed E-state index contributed by atoms with van der Waals surface area (Å²) in [5.74, 6) is 0. The highest BCUT2D eigenvalue weighted by molar-refractivity contribution is 7.98. The molecule has 0 N–H and O–H groups in total. The number of hydrogen-bond acceptors (Lipinski definition) is 4. The Morgan fingerprint density at radius 2 is 2.27 bits per heavy atom. The van der Waals surface area contributed by atoms with E-state index in [0.717, 1.165) is 17.3 Å². The lowest BCUT2D eigenvalue weighted by molar-refractivity contribution is 0.755. The second kappa shape index (κ2) is 4.44. The lowest BCUT2D eigenvalue weighted by atomic mass is 10.1. The molecule has 1 aromatic heterocycles. The molecule has 0 atom stereocenters. The first kappa shape index (κ1) is 10.2. The zero-order chi connectivity index (χ0) is 10.7. The van der Waals surface area contributed by atoms with Crippen LogP contribution in [0.15, 0.2) is 29.4 Å². The largest absolute Gasteiger partial charge is 0.213 e. The number of aromatic nitrogens is 4. The van der Waals surface area contributed by atoms with Gasteiger partial charge in [-0.2, -0.15) is 4.68 Å². The quantitative estimate of drug-likeness (QED) is 0.741. The second-order valence-electron chi connectivity index (χ2n) is 3.10. The van der Waals surface area contributed by atoms with E-state index in [0.29, 0.717) is 0 Å². The van der Waals surface area contributed by atoms with Gasteiger partial charge in [0.15, 0.2) is 0 Å². The number of hydrogen-bond donors (Lipinski definition) is 0. The van der Waals surface area contributed by atoms with Crippen molar-refractivity contribution in [2.24, 2.45) is 0 Å². The Labute approximate surface area is 92.7 Å². The maximum absolute atomic E-state index is 3.97. The number of thioether (sulfide) groups is 1. The monoisotopic (exact) mass is 220 g/mol. The molecule has 0 aliphatic heterocycles. The minimum Gasteiger partial charge on any atom is -0.188 e. The highest BCUT2D eigenvalue weighted by Gasteiger charge is 2.06. The summed E-state index contributed by atoms with van der Waals surface area (Å²) < 4.78 is 1.75. The molecule has 2 aromatic rings. The van der Waals surface area contributed by atoms with Crippen molar-refractivity contribution in [3.05, 3.63) is 29.8 Å². The Balaban J connectivity index is 2.44. The predicted octanol–water partition coefficient (Wildman–Crippen LogP) is 1.95. The fourth-order valence-electron chi connectivity index (χ4n) is 1.38. The molecule has 4 nitrogen and oxygen atoms in total. The second-order valence-corrected chi connectivity index (χ2v) is 3.87. The van der Waals surface area contributed by atoms with Gasteiger partial charge in [-0.15, -0.1) is 5.10 Å². The lowest BCUT2D eigenvalue weighted by Crippen LogP contribution is -1.99. The molecule has 15 heavy (non-hydrogen) atoms. The van der Waals surface area contributed by atoms with Gasteiger partial charge in [-0.3, -0.25) is 0 Å². The molecule has 2 rings (SSSR count). The van der Waals surface area contributed by atoms with Crippen molar-refractivity contribution < 1.29 is 0 Å². The molecule has 0 aliphatic carbocycles. The van der Waals surface area contributed by atoms with E-state index >= 15 is 0 Å². The van der Waals surface area contributed by atoms with Crippen LogP contribution in [0.4, 0.5) is 0 Å². The Bertz CT molecular complexity index is 452. The Hall–Kier alpha value is -1.36. The van der Waals surface area contributed by atoms with Crippen LogP contribution in [0, 0.1) is 0 Å². The standard InChI is InChI=1S/C10H12N4S/c1-3-8-5-4-6-9(7-8)14-10(15-2)11-12-13-14/h4-7H,3H2,1-2H3. The van der Waals surface area contributed by atoms with Crippen LogP contribution in [-0.2, 0) is 6.42 Å². The van der Waals surface area contributed by atoms with Gasteiger partial charge in [0, 0.05) is 0 Å². The van der Waals surface area contributed by atoms with Crippen molar-refractivity contribution in [3.63, 3.8) is 0 Å². The third kappa shape index (κ3) is 2.02. The van der Waals surface area contributed by atoms with E-state index in [1.165, 1.54) is 17.3 Å². The summed E-state index contributed by atoms with van der Waals surface area (Å²) in [5, 5.41) is 12.4. The molecule has 0 amide bonds. The van der Waals surface area contributed by atoms with E-state index in [1.807, 2.05) is 18.4 Å². The first-order chi connectivity index (χ1) is 7.35. The van der Waals surface area contributed by atoms with Crippen LogP contribution in [0.2, 0.25) is 0 Å². The SMILES string of the molecule is CCc1cccc(-n2nnnc2SC)c1. The Kier molecular flexibility index (Phi) is 3.01. The molecule has 0 bridgehead atoms. The molecule has 0 fully saturated rings. The molecule has 0 radical (unpaired) electrons. The van der Waals surface area contributed by atoms with Crippen LogP contribution in [-0.4, -0.2) is 26.5 Å². The van der Waals surface area contributed by atoms with Gasteiger partial charge in [0.25, 0.3) is 0 Å². The van der Waals surface area contributed by atoms with E-state index in [1.54, 1.807) is 4.68 Å². The Morgan fingerprint density at radius 1 is 1.40 bits per heavy atom. The number of tetrazole rings is 1. The van der Waals surface area contributed by atoms with Crippen LogP contribution >= 0.6 is 11.8 Å². The number of rotatable bonds is 3. The van der Waals surface area contributed by atoms with Gasteiger partial charge in [0.1, 0.15) is 0 Å². The van der Waals surface area contributed by atoms with Crippen LogP contribution in [0.5, 0.6) is 0 Å². The van der Waals surface area contributed by atoms with Gasteiger partial charge in [-0.05, 0) is 40.8 Å². The average molecular weight is 220 g/mol. The molecule has 78 valence electrons. The Morgan fingerprint density at radius 3 is 3.00 bits per heavy atom. The van der Waals surface area contributed by atoms with Crippen molar-refractivity contribution in [2.45, 2.75) is 18.5 Å². The zero-order valence-electron chi connectivity index (χ0n) is 8.71. The molecule has 0 unspecified atom stereocenters. The molecule has 0 spiro atoms. The average Bonchev–Trinajstić information content (AvgIpc) is 2.77. The van der Waals surface area contributed by atoms with Crippen molar-refractivity contribution in [2.75, 3.05) is 6.26 Å². The first-order valence-corrected chi connectivity index (χ1v) is 5.99. The van der Waals surface area contributed by atoms with Crippen molar-refractivity contribution in [1.29, 1.82) is 0 Å². The van der Waals surface area contributed by atoms with E-state index in [9.17, 15) is 0 Å². The number of benzene rings is 1. The summed E-state index contributed by atoms with van der Waals surface area (Å²) in [6.07, 6.45) is 2.98. The maximum atomic E-state index is 3.97. The van der Waals surface area contributed by atoms with Gasteiger partial charge in [0.05, 0.1) is 5.69 Å². The van der Waals surface area contributed by atoms with Crippen molar-refractivity contribution in [3.8, 4) is 5.69 Å². The van der Waals surface area contributed by atoms with Gasteiger partial charge < -0.3 is 0 Å². The van der Waals surface area contributed by atoms with E-state index in [-0.39, 0.29) is 0 Å². The summed E-state index contributed by atoms with van der Waals surface area (Å²) in [4.78, 5) is 0. The van der Waals surface area contributed by atoms with E-state index in [2.05, 4.69) is 34.6 Å². The van der Waals surface area contributed by atoms with Gasteiger partial charge in [-0.1, -0.05) is 30.8 Å². The van der Waals surface area contributed by atoms with Gasteiger partial charge in [-0.25, -0.2) is 0 Å². The summed E-state index contributed by atoms with van der Waals surface area (Å²) in [5.41, 5.74) is 2.30. The molecule has 1 heterocycles. The lowest BCUT2D eigenvalue weighted by Gasteiger charge is -2.03. The zero-order valence-corrected chi connectivity index (χ0v) is 9.53. The molecule has 0 aliphatic rings. The van der Waals surface area contributed by atoms with E-state index in [4.69, 9.17) is 0 Å². The van der Waals surface area contributed by atoms with Crippen LogP contribution in [0.1, 0.15) is 12.5 Å². The third-order valence-electron chi connectivity index (χ3n) is 2.19. The third-order valence-corrected chi connectivity index (χ3v) is 2.81. The summed E-state index contributed by atoms with van der Waals surface area (Å²) >= 11 is 1.54. The normalized spacial score (nSPS) is 10.5. The highest BCUT2D eigenvalue weighted by atomic mass is 32.2. The minimum atomic E-state index is 0.809. The minimum absolute atomic E-state index is 0.809. The predicted molar refractivity (Wildman–Crippen MR) is 60.3 cm³/mol. The maximum Gasteiger partial charge on any atom is 0.213 e. The smallest absolute Gasteiger partial charge is 0.188 e. The molecular weight excluding hydrogens is 208 g/mol. The fraction of sp³-hybridized carbons (Fsp3) is 0.300. The van der Waals surface area contributed by atoms with Crippen molar-refractivity contribution >= 4 is 11.8 Å².